The molecule has 0 amide bonds. The zero-order chi connectivity index (χ0) is 9.31. The van der Waals surface area contributed by atoms with Gasteiger partial charge in [-0.3, -0.25) is 0 Å². The van der Waals surface area contributed by atoms with Crippen LogP contribution in [0.1, 0.15) is 32.1 Å². The molecule has 0 aromatic carbocycles. The van der Waals surface area contributed by atoms with Crippen molar-refractivity contribution in [2.45, 2.75) is 37.6 Å². The second kappa shape index (κ2) is 3.62. The topological polar surface area (TPSA) is 6.48 Å². The highest BCUT2D eigenvalue weighted by Crippen LogP contribution is 2.35. The largest absolute Gasteiger partial charge is 0.349 e. The van der Waals surface area contributed by atoms with Crippen LogP contribution in [0.2, 0.25) is 0 Å². The number of rotatable bonds is 0. The lowest BCUT2D eigenvalue weighted by molar-refractivity contribution is 0.0282. The van der Waals surface area contributed by atoms with Crippen molar-refractivity contribution in [1.82, 2.24) is 9.71 Å². The Morgan fingerprint density at radius 3 is 2.31 bits per heavy atom. The Balaban J connectivity index is 2.01. The molecule has 13 heavy (non-hydrogen) atoms. The molecule has 3 heteroatoms. The first-order valence-corrected chi connectivity index (χ1v) is 5.63. The Labute approximate surface area is 82.7 Å². The minimum absolute atomic E-state index is 0.588. The molecule has 0 aromatic heterocycles. The SMILES string of the molecule is BN1CCC2(CCCCN2C)CC1. The maximum Gasteiger partial charge on any atom is 0.185 e. The van der Waals surface area contributed by atoms with Gasteiger partial charge in [-0.05, 0) is 52.4 Å². The van der Waals surface area contributed by atoms with Crippen LogP contribution in [0.5, 0.6) is 0 Å². The van der Waals surface area contributed by atoms with E-state index in [9.17, 15) is 0 Å². The van der Waals surface area contributed by atoms with Gasteiger partial charge in [0.1, 0.15) is 0 Å². The maximum absolute atomic E-state index is 2.63. The van der Waals surface area contributed by atoms with E-state index in [1.165, 1.54) is 51.7 Å². The molecule has 0 N–H and O–H groups in total. The summed E-state index contributed by atoms with van der Waals surface area (Å²) in [5.74, 6) is 0. The minimum Gasteiger partial charge on any atom is -0.349 e. The highest BCUT2D eigenvalue weighted by atomic mass is 15.2. The van der Waals surface area contributed by atoms with Gasteiger partial charge in [-0.25, -0.2) is 0 Å². The summed E-state index contributed by atoms with van der Waals surface area (Å²) in [5, 5.41) is 0. The van der Waals surface area contributed by atoms with Crippen LogP contribution in [0.15, 0.2) is 0 Å². The number of hydrogen-bond acceptors (Lipinski definition) is 2. The Morgan fingerprint density at radius 2 is 1.69 bits per heavy atom. The van der Waals surface area contributed by atoms with E-state index in [4.69, 9.17) is 0 Å². The fraction of sp³-hybridized carbons (Fsp3) is 1.00. The summed E-state index contributed by atoms with van der Waals surface area (Å²) in [4.78, 5) is 5.09. The lowest BCUT2D eigenvalue weighted by atomic mass is 9.78. The Hall–Kier alpha value is -0.0151. The molecule has 74 valence electrons. The van der Waals surface area contributed by atoms with Crippen molar-refractivity contribution in [1.29, 1.82) is 0 Å². The highest BCUT2D eigenvalue weighted by molar-refractivity contribution is 6.04. The van der Waals surface area contributed by atoms with Gasteiger partial charge in [0.25, 0.3) is 0 Å². The molecule has 2 fully saturated rings. The fourth-order valence-corrected chi connectivity index (χ4v) is 2.90. The van der Waals surface area contributed by atoms with E-state index >= 15 is 0 Å². The quantitative estimate of drug-likeness (QED) is 0.500. The first kappa shape index (κ1) is 9.54. The van der Waals surface area contributed by atoms with Crippen LogP contribution in [0.3, 0.4) is 0 Å². The predicted octanol–water partition coefficient (Wildman–Crippen LogP) is 0.485. The molecule has 2 rings (SSSR count). The number of nitrogens with zero attached hydrogens (tertiary/aromatic N) is 2. The van der Waals surface area contributed by atoms with Crippen molar-refractivity contribution in [2.24, 2.45) is 0 Å². The van der Waals surface area contributed by atoms with E-state index in [-0.39, 0.29) is 0 Å². The van der Waals surface area contributed by atoms with Gasteiger partial charge < -0.3 is 9.71 Å². The van der Waals surface area contributed by atoms with E-state index in [2.05, 4.69) is 24.7 Å². The summed E-state index contributed by atoms with van der Waals surface area (Å²) in [6.45, 7) is 3.92. The maximum atomic E-state index is 2.63. The first-order valence-electron chi connectivity index (χ1n) is 5.63. The van der Waals surface area contributed by atoms with Crippen LogP contribution in [0.4, 0.5) is 0 Å². The normalized spacial score (nSPS) is 30.8. The van der Waals surface area contributed by atoms with Crippen molar-refractivity contribution >= 4 is 7.98 Å². The third kappa shape index (κ3) is 1.77. The number of piperidine rings is 2. The van der Waals surface area contributed by atoms with E-state index in [0.717, 1.165) is 0 Å². The van der Waals surface area contributed by atoms with Crippen LogP contribution in [0, 0.1) is 0 Å². The van der Waals surface area contributed by atoms with Crippen molar-refractivity contribution in [3.63, 3.8) is 0 Å². The molecule has 2 heterocycles. The van der Waals surface area contributed by atoms with Gasteiger partial charge >= 0.3 is 0 Å². The molecule has 2 aliphatic heterocycles. The van der Waals surface area contributed by atoms with Crippen LogP contribution in [-0.4, -0.2) is 49.9 Å². The van der Waals surface area contributed by atoms with Crippen molar-refractivity contribution in [3.05, 3.63) is 0 Å². The molecular weight excluding hydrogens is 159 g/mol. The van der Waals surface area contributed by atoms with Crippen molar-refractivity contribution in [3.8, 4) is 0 Å². The molecule has 2 aliphatic rings. The summed E-state index contributed by atoms with van der Waals surface area (Å²) in [5.41, 5.74) is 0.588. The van der Waals surface area contributed by atoms with E-state index in [1.54, 1.807) is 0 Å². The summed E-state index contributed by atoms with van der Waals surface area (Å²) in [6, 6.07) is 0. The molecule has 0 unspecified atom stereocenters. The van der Waals surface area contributed by atoms with Gasteiger partial charge in [0.2, 0.25) is 0 Å². The monoisotopic (exact) mass is 180 g/mol. The summed E-state index contributed by atoms with van der Waals surface area (Å²) in [7, 11) is 4.57. The van der Waals surface area contributed by atoms with Gasteiger partial charge in [-0.15, -0.1) is 0 Å². The van der Waals surface area contributed by atoms with E-state index < -0.39 is 0 Å². The summed E-state index contributed by atoms with van der Waals surface area (Å²) < 4.78 is 0. The molecule has 1 spiro atoms. The fourth-order valence-electron chi connectivity index (χ4n) is 2.90. The average Bonchev–Trinajstić information content (AvgIpc) is 2.15. The van der Waals surface area contributed by atoms with Gasteiger partial charge in [0, 0.05) is 5.54 Å². The second-order valence-corrected chi connectivity index (χ2v) is 4.91. The molecule has 2 saturated heterocycles. The predicted molar refractivity (Wildman–Crippen MR) is 58.6 cm³/mol. The van der Waals surface area contributed by atoms with Crippen LogP contribution < -0.4 is 0 Å². The van der Waals surface area contributed by atoms with Gasteiger partial charge in [0.05, 0.1) is 0 Å². The van der Waals surface area contributed by atoms with Crippen LogP contribution >= 0.6 is 0 Å². The Morgan fingerprint density at radius 1 is 1.00 bits per heavy atom. The number of likely N-dealkylation sites (tertiary alicyclic amines) is 1. The summed E-state index contributed by atoms with van der Waals surface area (Å²) >= 11 is 0. The lowest BCUT2D eigenvalue weighted by Gasteiger charge is -2.50. The Bertz CT molecular complexity index is 176. The van der Waals surface area contributed by atoms with E-state index in [0.29, 0.717) is 5.54 Å². The highest BCUT2D eigenvalue weighted by Gasteiger charge is 2.38. The zero-order valence-electron chi connectivity index (χ0n) is 9.05. The van der Waals surface area contributed by atoms with Crippen LogP contribution in [0.25, 0.3) is 0 Å². The van der Waals surface area contributed by atoms with Crippen molar-refractivity contribution in [2.75, 3.05) is 26.7 Å². The molecule has 0 radical (unpaired) electrons. The smallest absolute Gasteiger partial charge is 0.185 e. The minimum atomic E-state index is 0.588. The standard InChI is InChI=1S/C10H21BN2/c1-12-7-3-2-4-10(12)5-8-13(11)9-6-10/h2-9,11H2,1H3. The molecule has 2 nitrogen and oxygen atoms in total. The molecular formula is C10H21BN2. The molecule has 0 aromatic rings. The second-order valence-electron chi connectivity index (χ2n) is 4.91. The third-order valence-corrected chi connectivity index (χ3v) is 4.11. The molecule has 0 atom stereocenters. The number of hydrogen-bond donors (Lipinski definition) is 0. The van der Waals surface area contributed by atoms with E-state index in [1.807, 2.05) is 0 Å². The average molecular weight is 180 g/mol. The first-order chi connectivity index (χ1) is 6.23. The van der Waals surface area contributed by atoms with Crippen molar-refractivity contribution < 1.29 is 0 Å². The molecule has 0 aliphatic carbocycles. The van der Waals surface area contributed by atoms with Gasteiger partial charge in [-0.2, -0.15) is 0 Å². The molecule has 0 saturated carbocycles. The molecule has 0 bridgehead atoms. The zero-order valence-corrected chi connectivity index (χ0v) is 9.05. The van der Waals surface area contributed by atoms with Crippen LogP contribution in [-0.2, 0) is 0 Å². The van der Waals surface area contributed by atoms with Gasteiger partial charge in [-0.1, -0.05) is 6.42 Å². The van der Waals surface area contributed by atoms with Gasteiger partial charge in [0.15, 0.2) is 7.98 Å². The lowest BCUT2D eigenvalue weighted by Crippen LogP contribution is -2.55. The Kier molecular flexibility index (Phi) is 2.66. The summed E-state index contributed by atoms with van der Waals surface area (Å²) in [6.07, 6.45) is 7.08. The third-order valence-electron chi connectivity index (χ3n) is 4.11.